The number of nitrogens with zero attached hydrogens (tertiary/aromatic N) is 3. The molecule has 2 aliphatic rings. The zero-order valence-corrected chi connectivity index (χ0v) is 19.9. The van der Waals surface area contributed by atoms with Gasteiger partial charge < -0.3 is 20.3 Å². The van der Waals surface area contributed by atoms with Crippen molar-refractivity contribution >= 4 is 5.91 Å². The van der Waals surface area contributed by atoms with E-state index in [1.54, 1.807) is 6.07 Å². The first kappa shape index (κ1) is 25.4. The zero-order valence-electron chi connectivity index (χ0n) is 19.9. The molecule has 1 amide bonds. The molecule has 2 heterocycles. The molecule has 190 valence electrons. The summed E-state index contributed by atoms with van der Waals surface area (Å²) in [6, 6.07) is 4.98. The average molecular weight is 492 g/mol. The van der Waals surface area contributed by atoms with E-state index in [9.17, 15) is 18.0 Å². The van der Waals surface area contributed by atoms with Crippen molar-refractivity contribution in [2.45, 2.75) is 31.4 Å². The van der Waals surface area contributed by atoms with Crippen molar-refractivity contribution in [3.05, 3.63) is 59.2 Å². The Kier molecular flexibility index (Phi) is 8.59. The van der Waals surface area contributed by atoms with Gasteiger partial charge in [0.25, 0.3) is 0 Å². The van der Waals surface area contributed by atoms with E-state index in [1.165, 1.54) is 18.3 Å². The van der Waals surface area contributed by atoms with E-state index in [-0.39, 0.29) is 42.3 Å². The van der Waals surface area contributed by atoms with Crippen molar-refractivity contribution in [2.24, 2.45) is 0 Å². The number of pyridine rings is 1. The number of ether oxygens (including phenoxy) is 1. The molecule has 0 bridgehead atoms. The molecule has 1 saturated carbocycles. The predicted molar refractivity (Wildman–Crippen MR) is 126 cm³/mol. The average Bonchev–Trinajstić information content (AvgIpc) is 3.63. The highest BCUT2D eigenvalue weighted by molar-refractivity contribution is 5.78. The van der Waals surface area contributed by atoms with Gasteiger partial charge in [-0.1, -0.05) is 0 Å². The van der Waals surface area contributed by atoms with Gasteiger partial charge in [0.15, 0.2) is 11.6 Å². The van der Waals surface area contributed by atoms with Gasteiger partial charge in [0, 0.05) is 61.5 Å². The first-order chi connectivity index (χ1) is 17.0. The standard InChI is InChI=1S/C25H32F3N5O2/c1-29-5-3-7-32-8-10-33(11-9-32)23(34)15-31-22-14-19(22)20-12-18(26)13-21(27)24(20)35-16-17-4-2-6-30-25(17)28/h2,4,6,12-13,19,22,29,31H,3,5,7-11,14-16H2,1H3/t19-,22+/m0/s1. The molecule has 1 aromatic heterocycles. The number of amides is 1. The number of carbonyl (C=O) groups is 1. The number of piperazine rings is 1. The Bertz CT molecular complexity index is 1020. The topological polar surface area (TPSA) is 69.7 Å². The van der Waals surface area contributed by atoms with Gasteiger partial charge in [-0.25, -0.2) is 13.8 Å². The van der Waals surface area contributed by atoms with E-state index >= 15 is 0 Å². The molecule has 35 heavy (non-hydrogen) atoms. The van der Waals surface area contributed by atoms with Gasteiger partial charge in [0.1, 0.15) is 12.4 Å². The van der Waals surface area contributed by atoms with Crippen molar-refractivity contribution in [1.29, 1.82) is 0 Å². The van der Waals surface area contributed by atoms with Crippen LogP contribution in [0.25, 0.3) is 0 Å². The maximum Gasteiger partial charge on any atom is 0.236 e. The van der Waals surface area contributed by atoms with Crippen molar-refractivity contribution < 1.29 is 22.7 Å². The van der Waals surface area contributed by atoms with Gasteiger partial charge >= 0.3 is 0 Å². The lowest BCUT2D eigenvalue weighted by atomic mass is 10.1. The Hall–Kier alpha value is -2.69. The largest absolute Gasteiger partial charge is 0.485 e. The van der Waals surface area contributed by atoms with E-state index < -0.39 is 17.6 Å². The molecule has 2 aromatic rings. The summed E-state index contributed by atoms with van der Waals surface area (Å²) in [5.74, 6) is -2.49. The highest BCUT2D eigenvalue weighted by Crippen LogP contribution is 2.46. The van der Waals surface area contributed by atoms with Crippen molar-refractivity contribution in [3.8, 4) is 5.75 Å². The molecule has 2 atom stereocenters. The molecule has 1 aromatic carbocycles. The van der Waals surface area contributed by atoms with Crippen molar-refractivity contribution in [1.82, 2.24) is 25.4 Å². The van der Waals surface area contributed by atoms with Crippen LogP contribution in [0.1, 0.15) is 29.9 Å². The summed E-state index contributed by atoms with van der Waals surface area (Å²) in [7, 11) is 1.94. The molecule has 2 N–H and O–H groups in total. The molecule has 0 radical (unpaired) electrons. The first-order valence-corrected chi connectivity index (χ1v) is 12.1. The lowest BCUT2D eigenvalue weighted by molar-refractivity contribution is -0.132. The fourth-order valence-corrected chi connectivity index (χ4v) is 4.48. The van der Waals surface area contributed by atoms with Gasteiger partial charge in [0.05, 0.1) is 6.54 Å². The van der Waals surface area contributed by atoms with Crippen LogP contribution in [-0.2, 0) is 11.4 Å². The molecule has 4 rings (SSSR count). The zero-order chi connectivity index (χ0) is 24.8. The Morgan fingerprint density at radius 1 is 1.20 bits per heavy atom. The molecular formula is C25H32F3N5O2. The summed E-state index contributed by atoms with van der Waals surface area (Å²) in [6.45, 7) is 5.08. The number of nitrogens with one attached hydrogen (secondary N) is 2. The van der Waals surface area contributed by atoms with Gasteiger partial charge in [0.2, 0.25) is 11.9 Å². The Labute approximate surface area is 203 Å². The smallest absolute Gasteiger partial charge is 0.236 e. The molecule has 0 spiro atoms. The van der Waals surface area contributed by atoms with Gasteiger partial charge in [-0.05, 0) is 51.2 Å². The third-order valence-corrected chi connectivity index (χ3v) is 6.58. The van der Waals surface area contributed by atoms with Gasteiger partial charge in [-0.2, -0.15) is 4.39 Å². The molecule has 2 fully saturated rings. The highest BCUT2D eigenvalue weighted by Gasteiger charge is 2.41. The quantitative estimate of drug-likeness (QED) is 0.371. The normalized spacial score (nSPS) is 20.2. The fraction of sp³-hybridized carbons (Fsp3) is 0.520. The van der Waals surface area contributed by atoms with Crippen LogP contribution in [0.15, 0.2) is 30.5 Å². The maximum absolute atomic E-state index is 14.6. The second kappa shape index (κ2) is 11.8. The van der Waals surface area contributed by atoms with Crippen LogP contribution >= 0.6 is 0 Å². The number of halogens is 3. The lowest BCUT2D eigenvalue weighted by Crippen LogP contribution is -2.51. The van der Waals surface area contributed by atoms with E-state index in [0.717, 1.165) is 38.7 Å². The third-order valence-electron chi connectivity index (χ3n) is 6.58. The first-order valence-electron chi connectivity index (χ1n) is 12.1. The minimum absolute atomic E-state index is 0.0273. The Balaban J connectivity index is 1.28. The second-order valence-electron chi connectivity index (χ2n) is 9.06. The van der Waals surface area contributed by atoms with Crippen molar-refractivity contribution in [3.63, 3.8) is 0 Å². The van der Waals surface area contributed by atoms with Gasteiger partial charge in [-0.15, -0.1) is 0 Å². The summed E-state index contributed by atoms with van der Waals surface area (Å²) in [5, 5.41) is 6.36. The molecule has 1 aliphatic heterocycles. The Morgan fingerprint density at radius 3 is 2.74 bits per heavy atom. The van der Waals surface area contributed by atoms with Crippen LogP contribution in [0.5, 0.6) is 5.75 Å². The minimum atomic E-state index is -0.835. The SMILES string of the molecule is CNCCCN1CCN(C(=O)CN[C@@H]2C[C@H]2c2cc(F)cc(F)c2OCc2cccnc2F)CC1. The van der Waals surface area contributed by atoms with Crippen LogP contribution in [-0.4, -0.2) is 79.6 Å². The molecule has 10 heteroatoms. The Morgan fingerprint density at radius 2 is 2.00 bits per heavy atom. The van der Waals surface area contributed by atoms with Crippen LogP contribution in [0.4, 0.5) is 13.2 Å². The molecule has 1 aliphatic carbocycles. The maximum atomic E-state index is 14.6. The van der Waals surface area contributed by atoms with E-state index in [2.05, 4.69) is 20.5 Å². The molecule has 0 unspecified atom stereocenters. The van der Waals surface area contributed by atoms with Crippen molar-refractivity contribution in [2.75, 3.05) is 52.9 Å². The predicted octanol–water partition coefficient (Wildman–Crippen LogP) is 2.28. The van der Waals surface area contributed by atoms with Crippen LogP contribution in [0.2, 0.25) is 0 Å². The van der Waals surface area contributed by atoms with Crippen LogP contribution in [0.3, 0.4) is 0 Å². The van der Waals surface area contributed by atoms with Gasteiger partial charge in [-0.3, -0.25) is 9.69 Å². The number of hydrogen-bond acceptors (Lipinski definition) is 6. The molecular weight excluding hydrogens is 459 g/mol. The van der Waals surface area contributed by atoms with Crippen LogP contribution < -0.4 is 15.4 Å². The second-order valence-corrected chi connectivity index (χ2v) is 9.06. The number of hydrogen-bond donors (Lipinski definition) is 2. The summed E-state index contributed by atoms with van der Waals surface area (Å²) in [6.07, 6.45) is 3.03. The number of rotatable bonds is 11. The molecule has 1 saturated heterocycles. The number of benzene rings is 1. The van der Waals surface area contributed by atoms with E-state index in [0.29, 0.717) is 25.1 Å². The molecule has 7 nitrogen and oxygen atoms in total. The third kappa shape index (κ3) is 6.71. The minimum Gasteiger partial charge on any atom is -0.485 e. The van der Waals surface area contributed by atoms with E-state index in [1.807, 2.05) is 11.9 Å². The fourth-order valence-electron chi connectivity index (χ4n) is 4.48. The summed E-state index contributed by atoms with van der Waals surface area (Å²) >= 11 is 0. The highest BCUT2D eigenvalue weighted by atomic mass is 19.1. The summed E-state index contributed by atoms with van der Waals surface area (Å²) in [4.78, 5) is 20.4. The summed E-state index contributed by atoms with van der Waals surface area (Å²) in [5.41, 5.74) is 0.562. The summed E-state index contributed by atoms with van der Waals surface area (Å²) < 4.78 is 47.9. The van der Waals surface area contributed by atoms with Crippen LogP contribution in [0, 0.1) is 17.6 Å². The van der Waals surface area contributed by atoms with E-state index in [4.69, 9.17) is 4.74 Å². The number of aromatic nitrogens is 1. The number of carbonyl (C=O) groups excluding carboxylic acids is 1. The lowest BCUT2D eigenvalue weighted by Gasteiger charge is -2.34. The monoisotopic (exact) mass is 491 g/mol.